The first-order valence-electron chi connectivity index (χ1n) is 7.94. The molecule has 1 N–H and O–H groups in total. The first-order valence-corrected chi connectivity index (χ1v) is 7.94. The average molecular weight is 251 g/mol. The van der Waals surface area contributed by atoms with E-state index < -0.39 is 0 Å². The summed E-state index contributed by atoms with van der Waals surface area (Å²) in [6.45, 7) is 4.38. The first-order chi connectivity index (χ1) is 8.90. The minimum Gasteiger partial charge on any atom is -0.378 e. The largest absolute Gasteiger partial charge is 0.378 e. The van der Waals surface area contributed by atoms with E-state index in [4.69, 9.17) is 4.74 Å². The molecule has 0 amide bonds. The Morgan fingerprint density at radius 2 is 2.33 bits per heavy atom. The quantitative estimate of drug-likeness (QED) is 0.695. The Hall–Kier alpha value is -0.340. The third kappa shape index (κ3) is 4.40. The van der Waals surface area contributed by atoms with Gasteiger partial charge in [0.2, 0.25) is 0 Å². The lowest BCUT2D eigenvalue weighted by Crippen LogP contribution is -2.33. The molecule has 0 saturated carbocycles. The Morgan fingerprint density at radius 1 is 1.39 bits per heavy atom. The van der Waals surface area contributed by atoms with Crippen LogP contribution >= 0.6 is 0 Å². The normalized spacial score (nSPS) is 26.1. The summed E-state index contributed by atoms with van der Waals surface area (Å²) in [5.74, 6) is 0. The summed E-state index contributed by atoms with van der Waals surface area (Å²) in [5, 5.41) is 3.73. The van der Waals surface area contributed by atoms with Crippen molar-refractivity contribution in [2.75, 3.05) is 13.2 Å². The van der Waals surface area contributed by atoms with Gasteiger partial charge in [-0.05, 0) is 64.3 Å². The molecule has 104 valence electrons. The standard InChI is InChI=1S/C16H29NO/c1-2-12-17-16(14-7-3-4-8-14)11-10-15-9-5-6-13-18-15/h7,15-17H,2-6,8-13H2,1H3. The van der Waals surface area contributed by atoms with Gasteiger partial charge in [-0.1, -0.05) is 18.6 Å². The molecule has 0 bridgehead atoms. The van der Waals surface area contributed by atoms with Crippen LogP contribution in [-0.2, 0) is 4.74 Å². The molecule has 2 rings (SSSR count). The van der Waals surface area contributed by atoms with Crippen LogP contribution in [0.15, 0.2) is 11.6 Å². The third-order valence-corrected chi connectivity index (χ3v) is 4.22. The molecule has 0 radical (unpaired) electrons. The van der Waals surface area contributed by atoms with Crippen LogP contribution in [0.3, 0.4) is 0 Å². The predicted molar refractivity (Wildman–Crippen MR) is 76.8 cm³/mol. The van der Waals surface area contributed by atoms with E-state index in [2.05, 4.69) is 18.3 Å². The van der Waals surface area contributed by atoms with E-state index in [9.17, 15) is 0 Å². The Morgan fingerprint density at radius 3 is 3.00 bits per heavy atom. The number of hydrogen-bond acceptors (Lipinski definition) is 2. The lowest BCUT2D eigenvalue weighted by atomic mass is 9.96. The van der Waals surface area contributed by atoms with E-state index in [-0.39, 0.29) is 0 Å². The van der Waals surface area contributed by atoms with Gasteiger partial charge in [-0.25, -0.2) is 0 Å². The molecule has 1 aliphatic heterocycles. The maximum Gasteiger partial charge on any atom is 0.0575 e. The summed E-state index contributed by atoms with van der Waals surface area (Å²) in [6.07, 6.45) is 14.6. The van der Waals surface area contributed by atoms with Gasteiger partial charge in [0, 0.05) is 12.6 Å². The van der Waals surface area contributed by atoms with Crippen LogP contribution < -0.4 is 5.32 Å². The second kappa shape index (κ2) is 7.96. The van der Waals surface area contributed by atoms with Crippen LogP contribution in [0.1, 0.15) is 64.7 Å². The van der Waals surface area contributed by atoms with Gasteiger partial charge in [0.15, 0.2) is 0 Å². The van der Waals surface area contributed by atoms with E-state index in [0.717, 1.165) is 13.2 Å². The smallest absolute Gasteiger partial charge is 0.0575 e. The van der Waals surface area contributed by atoms with Crippen molar-refractivity contribution in [2.45, 2.75) is 76.9 Å². The van der Waals surface area contributed by atoms with E-state index in [1.807, 2.05) is 0 Å². The molecule has 2 atom stereocenters. The van der Waals surface area contributed by atoms with Crippen LogP contribution in [0.4, 0.5) is 0 Å². The van der Waals surface area contributed by atoms with E-state index in [0.29, 0.717) is 12.1 Å². The molecular weight excluding hydrogens is 222 g/mol. The Balaban J connectivity index is 1.76. The molecule has 2 unspecified atom stereocenters. The summed E-state index contributed by atoms with van der Waals surface area (Å²) in [7, 11) is 0. The number of hydrogen-bond donors (Lipinski definition) is 1. The van der Waals surface area contributed by atoms with Gasteiger partial charge in [-0.15, -0.1) is 0 Å². The van der Waals surface area contributed by atoms with Crippen LogP contribution in [0.25, 0.3) is 0 Å². The minimum atomic E-state index is 0.534. The number of nitrogens with one attached hydrogen (secondary N) is 1. The fourth-order valence-electron chi connectivity index (χ4n) is 3.14. The second-order valence-electron chi connectivity index (χ2n) is 5.74. The number of rotatable bonds is 7. The topological polar surface area (TPSA) is 21.3 Å². The lowest BCUT2D eigenvalue weighted by molar-refractivity contribution is 0.00909. The van der Waals surface area contributed by atoms with Gasteiger partial charge in [0.25, 0.3) is 0 Å². The second-order valence-corrected chi connectivity index (χ2v) is 5.74. The van der Waals surface area contributed by atoms with Gasteiger partial charge < -0.3 is 10.1 Å². The lowest BCUT2D eigenvalue weighted by Gasteiger charge is -2.26. The highest BCUT2D eigenvalue weighted by Crippen LogP contribution is 2.25. The number of allylic oxidation sites excluding steroid dienone is 1. The summed E-state index contributed by atoms with van der Waals surface area (Å²) in [5.41, 5.74) is 1.67. The molecule has 1 aliphatic carbocycles. The molecule has 2 nitrogen and oxygen atoms in total. The Kier molecular flexibility index (Phi) is 6.22. The van der Waals surface area contributed by atoms with E-state index in [1.165, 1.54) is 57.8 Å². The highest BCUT2D eigenvalue weighted by molar-refractivity contribution is 5.15. The van der Waals surface area contributed by atoms with Crippen molar-refractivity contribution in [3.05, 3.63) is 11.6 Å². The molecule has 1 saturated heterocycles. The van der Waals surface area contributed by atoms with Crippen molar-refractivity contribution < 1.29 is 4.74 Å². The molecule has 0 aromatic rings. The first kappa shape index (κ1) is 14.1. The molecule has 18 heavy (non-hydrogen) atoms. The summed E-state index contributed by atoms with van der Waals surface area (Å²) >= 11 is 0. The highest BCUT2D eigenvalue weighted by Gasteiger charge is 2.20. The van der Waals surface area contributed by atoms with E-state index in [1.54, 1.807) is 5.57 Å². The fourth-order valence-corrected chi connectivity index (χ4v) is 3.14. The molecular formula is C16H29NO. The summed E-state index contributed by atoms with van der Waals surface area (Å²) in [4.78, 5) is 0. The Labute approximate surface area is 112 Å². The van der Waals surface area contributed by atoms with Gasteiger partial charge >= 0.3 is 0 Å². The van der Waals surface area contributed by atoms with Crippen molar-refractivity contribution in [1.29, 1.82) is 0 Å². The molecule has 1 heterocycles. The molecule has 2 aliphatic rings. The molecule has 2 heteroatoms. The SMILES string of the molecule is CCCNC(CCC1CCCCO1)C1=CCCC1. The fraction of sp³-hybridized carbons (Fsp3) is 0.875. The molecule has 0 aromatic carbocycles. The van der Waals surface area contributed by atoms with Crippen molar-refractivity contribution in [3.63, 3.8) is 0 Å². The van der Waals surface area contributed by atoms with Crippen molar-refractivity contribution in [1.82, 2.24) is 5.32 Å². The summed E-state index contributed by atoms with van der Waals surface area (Å²) < 4.78 is 5.85. The molecule has 0 aromatic heterocycles. The van der Waals surface area contributed by atoms with Crippen LogP contribution in [0.2, 0.25) is 0 Å². The van der Waals surface area contributed by atoms with Gasteiger partial charge in [0.05, 0.1) is 6.10 Å². The van der Waals surface area contributed by atoms with Crippen molar-refractivity contribution in [3.8, 4) is 0 Å². The van der Waals surface area contributed by atoms with Gasteiger partial charge in [-0.2, -0.15) is 0 Å². The van der Waals surface area contributed by atoms with Crippen LogP contribution in [0.5, 0.6) is 0 Å². The highest BCUT2D eigenvalue weighted by atomic mass is 16.5. The third-order valence-electron chi connectivity index (χ3n) is 4.22. The van der Waals surface area contributed by atoms with Crippen LogP contribution in [-0.4, -0.2) is 25.3 Å². The molecule has 1 fully saturated rings. The maximum absolute atomic E-state index is 5.85. The van der Waals surface area contributed by atoms with Crippen molar-refractivity contribution in [2.24, 2.45) is 0 Å². The Bertz CT molecular complexity index is 256. The van der Waals surface area contributed by atoms with Crippen LogP contribution in [0, 0.1) is 0 Å². The van der Waals surface area contributed by atoms with Crippen molar-refractivity contribution >= 4 is 0 Å². The van der Waals surface area contributed by atoms with Gasteiger partial charge in [-0.3, -0.25) is 0 Å². The van der Waals surface area contributed by atoms with Gasteiger partial charge in [0.1, 0.15) is 0 Å². The molecule has 0 spiro atoms. The summed E-state index contributed by atoms with van der Waals surface area (Å²) in [6, 6.07) is 0.623. The average Bonchev–Trinajstić information content (AvgIpc) is 2.94. The minimum absolute atomic E-state index is 0.534. The zero-order chi connectivity index (χ0) is 12.6. The zero-order valence-electron chi connectivity index (χ0n) is 11.9. The predicted octanol–water partition coefficient (Wildman–Crippen LogP) is 3.81. The number of ether oxygens (including phenoxy) is 1. The zero-order valence-corrected chi connectivity index (χ0v) is 11.9. The monoisotopic (exact) mass is 251 g/mol. The maximum atomic E-state index is 5.85. The van der Waals surface area contributed by atoms with E-state index >= 15 is 0 Å².